The maximum absolute atomic E-state index is 12.2. The van der Waals surface area contributed by atoms with Crippen molar-refractivity contribution < 1.29 is 14.3 Å². The molecule has 6 nitrogen and oxygen atoms in total. The number of ether oxygens (including phenoxy) is 2. The zero-order valence-corrected chi connectivity index (χ0v) is 16.3. The van der Waals surface area contributed by atoms with E-state index in [4.69, 9.17) is 14.5 Å². The molecule has 0 spiro atoms. The van der Waals surface area contributed by atoms with E-state index in [1.165, 1.54) is 5.56 Å². The Morgan fingerprint density at radius 2 is 1.86 bits per heavy atom. The standard InChI is InChI=1S/C23H25N3O3/c27-22(24-12-11-18-5-2-1-3-6-18)17-29-20-8-4-7-19-9-10-21(25-23(19)20)26-13-15-28-16-14-26/h1-10H,11-17H2,(H,24,27). The molecule has 29 heavy (non-hydrogen) atoms. The maximum Gasteiger partial charge on any atom is 0.257 e. The van der Waals surface area contributed by atoms with Crippen LogP contribution < -0.4 is 15.0 Å². The van der Waals surface area contributed by atoms with Gasteiger partial charge in [0.25, 0.3) is 5.91 Å². The van der Waals surface area contributed by atoms with Crippen molar-refractivity contribution in [3.63, 3.8) is 0 Å². The lowest BCUT2D eigenvalue weighted by Crippen LogP contribution is -2.36. The Balaban J connectivity index is 1.37. The van der Waals surface area contributed by atoms with Gasteiger partial charge in [-0.1, -0.05) is 42.5 Å². The molecule has 3 aromatic rings. The van der Waals surface area contributed by atoms with Crippen LogP contribution in [0.2, 0.25) is 0 Å². The molecule has 0 unspecified atom stereocenters. The van der Waals surface area contributed by atoms with Crippen LogP contribution in [0.4, 0.5) is 5.82 Å². The molecule has 1 aromatic heterocycles. The number of pyridine rings is 1. The highest BCUT2D eigenvalue weighted by Gasteiger charge is 2.14. The Labute approximate surface area is 170 Å². The van der Waals surface area contributed by atoms with Gasteiger partial charge in [-0.2, -0.15) is 0 Å². The predicted octanol–water partition coefficient (Wildman–Crippen LogP) is 2.81. The number of aromatic nitrogens is 1. The number of hydrogen-bond acceptors (Lipinski definition) is 5. The second kappa shape index (κ2) is 9.39. The first-order valence-electron chi connectivity index (χ1n) is 9.95. The van der Waals surface area contributed by atoms with E-state index in [9.17, 15) is 4.79 Å². The average molecular weight is 391 g/mol. The van der Waals surface area contributed by atoms with E-state index in [0.29, 0.717) is 25.5 Å². The van der Waals surface area contributed by atoms with E-state index in [0.717, 1.165) is 36.2 Å². The molecule has 1 fully saturated rings. The number of nitrogens with one attached hydrogen (secondary N) is 1. The molecule has 4 rings (SSSR count). The van der Waals surface area contributed by atoms with E-state index < -0.39 is 0 Å². The van der Waals surface area contributed by atoms with Gasteiger partial charge in [0, 0.05) is 25.0 Å². The summed E-state index contributed by atoms with van der Waals surface area (Å²) in [5, 5.41) is 3.90. The third kappa shape index (κ3) is 5.03. The van der Waals surface area contributed by atoms with E-state index >= 15 is 0 Å². The largest absolute Gasteiger partial charge is 0.481 e. The van der Waals surface area contributed by atoms with Gasteiger partial charge in [0.15, 0.2) is 6.61 Å². The van der Waals surface area contributed by atoms with Gasteiger partial charge < -0.3 is 19.7 Å². The molecule has 1 aliphatic rings. The number of amides is 1. The third-order valence-corrected chi connectivity index (χ3v) is 4.94. The molecule has 0 bridgehead atoms. The van der Waals surface area contributed by atoms with Crippen molar-refractivity contribution in [2.45, 2.75) is 6.42 Å². The molecule has 2 heterocycles. The monoisotopic (exact) mass is 391 g/mol. The summed E-state index contributed by atoms with van der Waals surface area (Å²) in [5.74, 6) is 1.39. The first-order valence-corrected chi connectivity index (χ1v) is 9.95. The normalized spacial score (nSPS) is 14.0. The molecular weight excluding hydrogens is 366 g/mol. The Hall–Kier alpha value is -3.12. The number of fused-ring (bicyclic) bond motifs is 1. The highest BCUT2D eigenvalue weighted by Crippen LogP contribution is 2.26. The summed E-state index contributed by atoms with van der Waals surface area (Å²) in [6, 6.07) is 19.9. The molecule has 1 amide bonds. The number of nitrogens with zero attached hydrogens (tertiary/aromatic N) is 2. The molecule has 6 heteroatoms. The van der Waals surface area contributed by atoms with E-state index in [1.54, 1.807) is 0 Å². The molecule has 1 N–H and O–H groups in total. The summed E-state index contributed by atoms with van der Waals surface area (Å²) >= 11 is 0. The third-order valence-electron chi connectivity index (χ3n) is 4.94. The summed E-state index contributed by atoms with van der Waals surface area (Å²) in [5.41, 5.74) is 1.97. The summed E-state index contributed by atoms with van der Waals surface area (Å²) in [6.07, 6.45) is 0.797. The Morgan fingerprint density at radius 1 is 1.03 bits per heavy atom. The quantitative estimate of drug-likeness (QED) is 0.671. The lowest BCUT2D eigenvalue weighted by molar-refractivity contribution is -0.123. The molecule has 150 valence electrons. The highest BCUT2D eigenvalue weighted by molar-refractivity contribution is 5.86. The predicted molar refractivity (Wildman–Crippen MR) is 113 cm³/mol. The van der Waals surface area contributed by atoms with Crippen LogP contribution in [0.1, 0.15) is 5.56 Å². The zero-order chi connectivity index (χ0) is 19.9. The number of hydrogen-bond donors (Lipinski definition) is 1. The molecular formula is C23H25N3O3. The van der Waals surface area contributed by atoms with Gasteiger partial charge in [0.1, 0.15) is 17.1 Å². The first-order chi connectivity index (χ1) is 14.3. The van der Waals surface area contributed by atoms with Crippen LogP contribution in [0.25, 0.3) is 10.9 Å². The number of benzene rings is 2. The van der Waals surface area contributed by atoms with Crippen LogP contribution in [0.5, 0.6) is 5.75 Å². The number of anilines is 1. The summed E-state index contributed by atoms with van der Waals surface area (Å²) in [4.78, 5) is 19.2. The van der Waals surface area contributed by atoms with Crippen molar-refractivity contribution in [2.75, 3.05) is 44.4 Å². The van der Waals surface area contributed by atoms with Crippen molar-refractivity contribution in [2.24, 2.45) is 0 Å². The van der Waals surface area contributed by atoms with Crippen molar-refractivity contribution in [1.29, 1.82) is 0 Å². The number of rotatable bonds is 7. The molecule has 2 aromatic carbocycles. The van der Waals surface area contributed by atoms with Crippen LogP contribution in [-0.2, 0) is 16.0 Å². The average Bonchev–Trinajstić information content (AvgIpc) is 2.78. The van der Waals surface area contributed by atoms with Crippen molar-refractivity contribution in [3.05, 3.63) is 66.2 Å². The molecule has 0 saturated carbocycles. The number of carbonyl (C=O) groups is 1. The minimum atomic E-state index is -0.137. The second-order valence-electron chi connectivity index (χ2n) is 6.97. The number of para-hydroxylation sites is 1. The molecule has 1 saturated heterocycles. The fraction of sp³-hybridized carbons (Fsp3) is 0.304. The van der Waals surface area contributed by atoms with Crippen LogP contribution >= 0.6 is 0 Å². The lowest BCUT2D eigenvalue weighted by Gasteiger charge is -2.28. The van der Waals surface area contributed by atoms with Crippen molar-refractivity contribution >= 4 is 22.6 Å². The Kier molecular flexibility index (Phi) is 6.22. The first kappa shape index (κ1) is 19.2. The number of morpholine rings is 1. The fourth-order valence-electron chi connectivity index (χ4n) is 3.38. The van der Waals surface area contributed by atoms with Crippen LogP contribution in [0.3, 0.4) is 0 Å². The van der Waals surface area contributed by atoms with Crippen LogP contribution in [0, 0.1) is 0 Å². The van der Waals surface area contributed by atoms with Crippen LogP contribution in [0.15, 0.2) is 60.7 Å². The van der Waals surface area contributed by atoms with Gasteiger partial charge in [0.2, 0.25) is 0 Å². The summed E-state index contributed by atoms with van der Waals surface area (Å²) in [6.45, 7) is 3.62. The van der Waals surface area contributed by atoms with Gasteiger partial charge in [-0.15, -0.1) is 0 Å². The topological polar surface area (TPSA) is 63.7 Å². The Morgan fingerprint density at radius 3 is 2.69 bits per heavy atom. The number of carbonyl (C=O) groups excluding carboxylic acids is 1. The van der Waals surface area contributed by atoms with Crippen LogP contribution in [-0.4, -0.2) is 50.3 Å². The van der Waals surface area contributed by atoms with Gasteiger partial charge in [0.05, 0.1) is 13.2 Å². The van der Waals surface area contributed by atoms with Gasteiger partial charge in [-0.25, -0.2) is 4.98 Å². The second-order valence-corrected chi connectivity index (χ2v) is 6.97. The maximum atomic E-state index is 12.2. The van der Waals surface area contributed by atoms with Crippen molar-refractivity contribution in [1.82, 2.24) is 10.3 Å². The molecule has 1 aliphatic heterocycles. The molecule has 0 aliphatic carbocycles. The smallest absolute Gasteiger partial charge is 0.257 e. The molecule has 0 radical (unpaired) electrons. The minimum Gasteiger partial charge on any atom is -0.481 e. The lowest BCUT2D eigenvalue weighted by atomic mass is 10.1. The zero-order valence-electron chi connectivity index (χ0n) is 16.3. The van der Waals surface area contributed by atoms with E-state index in [1.807, 2.05) is 48.5 Å². The summed E-state index contributed by atoms with van der Waals surface area (Å²) in [7, 11) is 0. The van der Waals surface area contributed by atoms with Gasteiger partial charge in [-0.05, 0) is 30.2 Å². The van der Waals surface area contributed by atoms with E-state index in [2.05, 4.69) is 22.3 Å². The van der Waals surface area contributed by atoms with Gasteiger partial charge >= 0.3 is 0 Å². The SMILES string of the molecule is O=C(COc1cccc2ccc(N3CCOCC3)nc12)NCCc1ccccc1. The Bertz CT molecular complexity index is 956. The minimum absolute atomic E-state index is 0.0304. The highest BCUT2D eigenvalue weighted by atomic mass is 16.5. The van der Waals surface area contributed by atoms with E-state index in [-0.39, 0.29) is 12.5 Å². The fourth-order valence-corrected chi connectivity index (χ4v) is 3.38. The molecule has 0 atom stereocenters. The van der Waals surface area contributed by atoms with Crippen molar-refractivity contribution in [3.8, 4) is 5.75 Å². The van der Waals surface area contributed by atoms with Gasteiger partial charge in [-0.3, -0.25) is 4.79 Å². The summed E-state index contributed by atoms with van der Waals surface area (Å²) < 4.78 is 11.2.